The van der Waals surface area contributed by atoms with Crippen molar-refractivity contribution in [1.82, 2.24) is 4.90 Å². The first-order valence-corrected chi connectivity index (χ1v) is 6.38. The number of nitrogen functional groups attached to an aromatic ring is 1. The Balaban J connectivity index is 2.85. The minimum atomic E-state index is -0.380. The molecule has 1 amide bonds. The van der Waals surface area contributed by atoms with E-state index in [0.29, 0.717) is 28.0 Å². The van der Waals surface area contributed by atoms with Gasteiger partial charge in [0.1, 0.15) is 6.04 Å². The Labute approximate surface area is 117 Å². The molecule has 0 aliphatic rings. The lowest BCUT2D eigenvalue weighted by molar-refractivity contribution is -0.130. The van der Waals surface area contributed by atoms with Crippen molar-refractivity contribution in [3.8, 4) is 0 Å². The van der Waals surface area contributed by atoms with E-state index in [0.717, 1.165) is 0 Å². The van der Waals surface area contributed by atoms with Crippen LogP contribution in [-0.2, 0) is 4.79 Å². The van der Waals surface area contributed by atoms with Crippen molar-refractivity contribution in [2.75, 3.05) is 24.6 Å². The third-order valence-electron chi connectivity index (χ3n) is 2.69. The second-order valence-electron chi connectivity index (χ2n) is 4.07. The van der Waals surface area contributed by atoms with E-state index in [1.54, 1.807) is 31.0 Å². The number of rotatable bonds is 4. The second-order valence-corrected chi connectivity index (χ2v) is 4.89. The highest BCUT2D eigenvalue weighted by Gasteiger charge is 2.17. The summed E-state index contributed by atoms with van der Waals surface area (Å²) in [5.41, 5.74) is 6.88. The molecule has 1 atom stereocenters. The Morgan fingerprint density at radius 3 is 2.56 bits per heavy atom. The van der Waals surface area contributed by atoms with Crippen molar-refractivity contribution in [3.63, 3.8) is 0 Å². The third kappa shape index (κ3) is 3.43. The minimum absolute atomic E-state index is 0.0111. The van der Waals surface area contributed by atoms with Gasteiger partial charge in [-0.2, -0.15) is 0 Å². The molecule has 0 saturated carbocycles. The van der Waals surface area contributed by atoms with Gasteiger partial charge < -0.3 is 16.0 Å². The molecule has 1 rings (SSSR count). The lowest BCUT2D eigenvalue weighted by Crippen LogP contribution is -2.38. The maximum atomic E-state index is 11.9. The van der Waals surface area contributed by atoms with Gasteiger partial charge in [-0.3, -0.25) is 4.79 Å². The lowest BCUT2D eigenvalue weighted by Gasteiger charge is -2.22. The van der Waals surface area contributed by atoms with E-state index in [4.69, 9.17) is 28.9 Å². The number of hydrogen-bond donors (Lipinski definition) is 2. The average Bonchev–Trinajstić information content (AvgIpc) is 2.33. The van der Waals surface area contributed by atoms with Gasteiger partial charge in [0.25, 0.3) is 0 Å². The molecule has 3 N–H and O–H groups in total. The van der Waals surface area contributed by atoms with Crippen LogP contribution in [0.3, 0.4) is 0 Å². The monoisotopic (exact) mass is 289 g/mol. The number of hydrogen-bond acceptors (Lipinski definition) is 3. The van der Waals surface area contributed by atoms with E-state index in [2.05, 4.69) is 5.32 Å². The van der Waals surface area contributed by atoms with Gasteiger partial charge in [0.05, 0.1) is 21.4 Å². The summed E-state index contributed by atoms with van der Waals surface area (Å²) in [6.07, 6.45) is 0. The molecule has 6 heteroatoms. The summed E-state index contributed by atoms with van der Waals surface area (Å²) in [7, 11) is 1.75. The predicted molar refractivity (Wildman–Crippen MR) is 77.3 cm³/mol. The highest BCUT2D eigenvalue weighted by Crippen LogP contribution is 2.31. The molecule has 0 bridgehead atoms. The summed E-state index contributed by atoms with van der Waals surface area (Å²) in [4.78, 5) is 13.5. The van der Waals surface area contributed by atoms with Crippen LogP contribution in [-0.4, -0.2) is 30.4 Å². The first-order chi connectivity index (χ1) is 8.36. The lowest BCUT2D eigenvalue weighted by atomic mass is 10.2. The maximum absolute atomic E-state index is 11.9. The van der Waals surface area contributed by atoms with E-state index >= 15 is 0 Å². The SMILES string of the molecule is CCN(C)C(=O)C(C)Nc1cc(Cl)c(Cl)cc1N. The predicted octanol–water partition coefficient (Wildman–Crippen LogP) is 2.85. The largest absolute Gasteiger partial charge is 0.397 e. The van der Waals surface area contributed by atoms with E-state index < -0.39 is 0 Å². The number of carbonyl (C=O) groups is 1. The van der Waals surface area contributed by atoms with Crippen LogP contribution in [0.5, 0.6) is 0 Å². The number of likely N-dealkylation sites (N-methyl/N-ethyl adjacent to an activating group) is 1. The van der Waals surface area contributed by atoms with Gasteiger partial charge in [0.2, 0.25) is 5.91 Å². The van der Waals surface area contributed by atoms with Crippen molar-refractivity contribution >= 4 is 40.5 Å². The normalized spacial score (nSPS) is 12.1. The zero-order valence-corrected chi connectivity index (χ0v) is 12.1. The average molecular weight is 290 g/mol. The molecule has 0 spiro atoms. The molecule has 0 aromatic heterocycles. The minimum Gasteiger partial charge on any atom is -0.397 e. The molecule has 0 aliphatic carbocycles. The van der Waals surface area contributed by atoms with E-state index in [9.17, 15) is 4.79 Å². The second kappa shape index (κ2) is 6.16. The van der Waals surface area contributed by atoms with Gasteiger partial charge in [0.15, 0.2) is 0 Å². The van der Waals surface area contributed by atoms with Crippen LogP contribution in [0.4, 0.5) is 11.4 Å². The summed E-state index contributed by atoms with van der Waals surface area (Å²) >= 11 is 11.8. The molecule has 0 saturated heterocycles. The zero-order valence-electron chi connectivity index (χ0n) is 10.6. The number of carbonyl (C=O) groups excluding carboxylic acids is 1. The smallest absolute Gasteiger partial charge is 0.244 e. The number of benzene rings is 1. The number of nitrogens with zero attached hydrogens (tertiary/aromatic N) is 1. The molecule has 0 aliphatic heterocycles. The van der Waals surface area contributed by atoms with Crippen LogP contribution in [0.2, 0.25) is 10.0 Å². The van der Waals surface area contributed by atoms with Crippen LogP contribution >= 0.6 is 23.2 Å². The molecular formula is C12H17Cl2N3O. The van der Waals surface area contributed by atoms with Crippen LogP contribution in [0.15, 0.2) is 12.1 Å². The Morgan fingerprint density at radius 2 is 2.00 bits per heavy atom. The fourth-order valence-corrected chi connectivity index (χ4v) is 1.80. The highest BCUT2D eigenvalue weighted by atomic mass is 35.5. The zero-order chi connectivity index (χ0) is 13.9. The fourth-order valence-electron chi connectivity index (χ4n) is 1.47. The summed E-state index contributed by atoms with van der Waals surface area (Å²) in [5.74, 6) is -0.0111. The molecule has 0 radical (unpaired) electrons. The molecule has 1 unspecified atom stereocenters. The Morgan fingerprint density at radius 1 is 1.44 bits per heavy atom. The van der Waals surface area contributed by atoms with Gasteiger partial charge >= 0.3 is 0 Å². The van der Waals surface area contributed by atoms with Gasteiger partial charge in [0, 0.05) is 13.6 Å². The number of anilines is 2. The molecule has 4 nitrogen and oxygen atoms in total. The van der Waals surface area contributed by atoms with Crippen LogP contribution in [0.25, 0.3) is 0 Å². The van der Waals surface area contributed by atoms with Crippen LogP contribution in [0, 0.1) is 0 Å². The van der Waals surface area contributed by atoms with E-state index in [1.807, 2.05) is 6.92 Å². The Hall–Kier alpha value is -1.13. The molecular weight excluding hydrogens is 273 g/mol. The molecule has 1 aromatic rings. The van der Waals surface area contributed by atoms with Crippen molar-refractivity contribution in [3.05, 3.63) is 22.2 Å². The molecule has 0 fully saturated rings. The molecule has 18 heavy (non-hydrogen) atoms. The van der Waals surface area contributed by atoms with E-state index in [1.165, 1.54) is 0 Å². The molecule has 100 valence electrons. The summed E-state index contributed by atoms with van der Waals surface area (Å²) in [6, 6.07) is 2.80. The quantitative estimate of drug-likeness (QED) is 0.838. The summed E-state index contributed by atoms with van der Waals surface area (Å²) < 4.78 is 0. The molecule has 1 aromatic carbocycles. The number of halogens is 2. The highest BCUT2D eigenvalue weighted by molar-refractivity contribution is 6.42. The maximum Gasteiger partial charge on any atom is 0.244 e. The van der Waals surface area contributed by atoms with Gasteiger partial charge in [-0.15, -0.1) is 0 Å². The third-order valence-corrected chi connectivity index (χ3v) is 3.41. The fraction of sp³-hybridized carbons (Fsp3) is 0.417. The number of nitrogens with one attached hydrogen (secondary N) is 1. The van der Waals surface area contributed by atoms with Crippen molar-refractivity contribution in [2.24, 2.45) is 0 Å². The number of nitrogens with two attached hydrogens (primary N) is 1. The van der Waals surface area contributed by atoms with Crippen molar-refractivity contribution < 1.29 is 4.79 Å². The van der Waals surface area contributed by atoms with Gasteiger partial charge in [-0.05, 0) is 26.0 Å². The van der Waals surface area contributed by atoms with Crippen LogP contribution in [0.1, 0.15) is 13.8 Å². The Kier molecular flexibility index (Phi) is 5.11. The Bertz CT molecular complexity index is 451. The summed E-state index contributed by atoms with van der Waals surface area (Å²) in [5, 5.41) is 3.83. The topological polar surface area (TPSA) is 58.4 Å². The van der Waals surface area contributed by atoms with Crippen LogP contribution < -0.4 is 11.1 Å². The first-order valence-electron chi connectivity index (χ1n) is 5.62. The van der Waals surface area contributed by atoms with Crippen molar-refractivity contribution in [2.45, 2.75) is 19.9 Å². The standard InChI is InChI=1S/C12H17Cl2N3O/c1-4-17(3)12(18)7(2)16-11-6-9(14)8(13)5-10(11)15/h5-7,16H,4,15H2,1-3H3. The number of amides is 1. The molecule has 0 heterocycles. The van der Waals surface area contributed by atoms with Crippen molar-refractivity contribution in [1.29, 1.82) is 0 Å². The first kappa shape index (κ1) is 14.9. The van der Waals surface area contributed by atoms with Gasteiger partial charge in [-0.25, -0.2) is 0 Å². The van der Waals surface area contributed by atoms with Gasteiger partial charge in [-0.1, -0.05) is 23.2 Å². The summed E-state index contributed by atoms with van der Waals surface area (Å²) in [6.45, 7) is 4.34. The van der Waals surface area contributed by atoms with E-state index in [-0.39, 0.29) is 11.9 Å².